The molecule has 0 bridgehead atoms. The number of rotatable bonds is 0. The van der Waals surface area contributed by atoms with Crippen molar-refractivity contribution in [3.63, 3.8) is 0 Å². The number of aromatic nitrogens is 1. The Morgan fingerprint density at radius 3 is 2.75 bits per heavy atom. The topological polar surface area (TPSA) is 3.88 Å². The van der Waals surface area contributed by atoms with Crippen molar-refractivity contribution in [1.82, 2.24) is 0 Å². The zero-order chi connectivity index (χ0) is 8.55. The maximum atomic E-state index is 2.34. The molecule has 0 saturated heterocycles. The molecule has 0 saturated carbocycles. The third kappa shape index (κ3) is 1.06. The molecule has 1 aromatic heterocycles. The minimum Gasteiger partial charge on any atom is -0.201 e. The van der Waals surface area contributed by atoms with E-state index < -0.39 is 0 Å². The third-order valence-electron chi connectivity index (χ3n) is 2.48. The van der Waals surface area contributed by atoms with E-state index in [0.29, 0.717) is 0 Å². The smallest absolute Gasteiger partial charge is 0.201 e. The van der Waals surface area contributed by atoms with Gasteiger partial charge < -0.3 is 0 Å². The van der Waals surface area contributed by atoms with Crippen molar-refractivity contribution in [2.75, 3.05) is 0 Å². The summed E-state index contributed by atoms with van der Waals surface area (Å²) >= 11 is 0. The summed E-state index contributed by atoms with van der Waals surface area (Å²) in [4.78, 5) is 0. The summed E-state index contributed by atoms with van der Waals surface area (Å²) in [5.74, 6) is 0. The van der Waals surface area contributed by atoms with Crippen molar-refractivity contribution >= 4 is 12.2 Å². The van der Waals surface area contributed by atoms with Gasteiger partial charge in [0.25, 0.3) is 0 Å². The first-order chi connectivity index (χ1) is 5.79. The van der Waals surface area contributed by atoms with Gasteiger partial charge in [-0.2, -0.15) is 0 Å². The minimum absolute atomic E-state index is 1.18. The number of pyridine rings is 1. The monoisotopic (exact) mass is 160 g/mol. The summed E-state index contributed by atoms with van der Waals surface area (Å²) in [7, 11) is 2.11. The molecular weight excluding hydrogens is 146 g/mol. The van der Waals surface area contributed by atoms with Crippen molar-refractivity contribution < 1.29 is 4.57 Å². The molecule has 0 spiro atoms. The Bertz CT molecular complexity index is 374. The average molecular weight is 160 g/mol. The van der Waals surface area contributed by atoms with Gasteiger partial charge in [-0.15, -0.1) is 0 Å². The van der Waals surface area contributed by atoms with Crippen LogP contribution >= 0.6 is 0 Å². The van der Waals surface area contributed by atoms with Crippen LogP contribution < -0.4 is 15.1 Å². The van der Waals surface area contributed by atoms with E-state index in [9.17, 15) is 0 Å². The second-order valence-corrected chi connectivity index (χ2v) is 3.39. The van der Waals surface area contributed by atoms with E-state index >= 15 is 0 Å². The van der Waals surface area contributed by atoms with Gasteiger partial charge in [0, 0.05) is 11.3 Å². The maximum Gasteiger partial charge on any atom is 0.208 e. The summed E-state index contributed by atoms with van der Waals surface area (Å²) in [5.41, 5.74) is 1.39. The second-order valence-electron chi connectivity index (χ2n) is 3.39. The van der Waals surface area contributed by atoms with Crippen LogP contribution in [0.25, 0.3) is 12.2 Å². The summed E-state index contributed by atoms with van der Waals surface area (Å²) < 4.78 is 2.19. The van der Waals surface area contributed by atoms with Crippen LogP contribution in [0, 0.1) is 6.92 Å². The van der Waals surface area contributed by atoms with E-state index in [0.717, 1.165) is 0 Å². The largest absolute Gasteiger partial charge is 0.208 e. The fraction of sp³-hybridized carbons (Fsp3) is 0.364. The van der Waals surface area contributed by atoms with Gasteiger partial charge in [0.05, 0.1) is 0 Å². The van der Waals surface area contributed by atoms with Crippen LogP contribution in [-0.2, 0) is 7.05 Å². The lowest BCUT2D eigenvalue weighted by Crippen LogP contribution is -2.55. The molecule has 0 aromatic carbocycles. The molecule has 0 amide bonds. The van der Waals surface area contributed by atoms with Crippen molar-refractivity contribution in [2.24, 2.45) is 7.05 Å². The molecule has 0 atom stereocenters. The van der Waals surface area contributed by atoms with Gasteiger partial charge in [0.15, 0.2) is 6.20 Å². The highest BCUT2D eigenvalue weighted by molar-refractivity contribution is 5.36. The number of aryl methyl sites for hydroxylation is 2. The Balaban J connectivity index is 2.92. The van der Waals surface area contributed by atoms with Crippen LogP contribution in [0.15, 0.2) is 12.3 Å². The van der Waals surface area contributed by atoms with Crippen LogP contribution in [-0.4, -0.2) is 0 Å². The lowest BCUT2D eigenvalue weighted by atomic mass is 10.1. The molecule has 12 heavy (non-hydrogen) atoms. The molecule has 62 valence electrons. The normalized spacial score (nSPS) is 14.5. The number of nitrogens with zero attached hydrogens (tertiary/aromatic N) is 1. The summed E-state index contributed by atoms with van der Waals surface area (Å²) in [5, 5.41) is 2.80. The van der Waals surface area contributed by atoms with Gasteiger partial charge >= 0.3 is 0 Å². The standard InChI is InChI=1S/C11H14N/c1-9-7-8-12(2)11-6-4-3-5-10(9)11/h5-8H,3-4H2,1-2H3/q+1. The molecule has 0 unspecified atom stereocenters. The van der Waals surface area contributed by atoms with Crippen LogP contribution in [0.2, 0.25) is 0 Å². The lowest BCUT2D eigenvalue weighted by Gasteiger charge is -2.00. The van der Waals surface area contributed by atoms with Gasteiger partial charge in [-0.05, 0) is 31.4 Å². The van der Waals surface area contributed by atoms with Gasteiger partial charge in [-0.3, -0.25) is 0 Å². The number of hydrogen-bond donors (Lipinski definition) is 0. The van der Waals surface area contributed by atoms with Gasteiger partial charge in [0.2, 0.25) is 5.35 Å². The Morgan fingerprint density at radius 2 is 2.00 bits per heavy atom. The fourth-order valence-electron chi connectivity index (χ4n) is 1.75. The zero-order valence-electron chi connectivity index (χ0n) is 7.67. The van der Waals surface area contributed by atoms with E-state index in [1.807, 2.05) is 0 Å². The van der Waals surface area contributed by atoms with Crippen LogP contribution in [0.1, 0.15) is 18.4 Å². The molecule has 0 N–H and O–H groups in total. The van der Waals surface area contributed by atoms with Gasteiger partial charge in [-0.1, -0.05) is 6.08 Å². The van der Waals surface area contributed by atoms with Crippen molar-refractivity contribution in [3.8, 4) is 0 Å². The van der Waals surface area contributed by atoms with E-state index in [1.54, 1.807) is 0 Å². The molecule has 0 aliphatic heterocycles. The molecule has 1 aliphatic carbocycles. The van der Waals surface area contributed by atoms with Crippen LogP contribution in [0.4, 0.5) is 0 Å². The average Bonchev–Trinajstić information content (AvgIpc) is 2.12. The zero-order valence-corrected chi connectivity index (χ0v) is 7.67. The predicted octanol–water partition coefficient (Wildman–Crippen LogP) is 0.174. The molecule has 2 rings (SSSR count). The Morgan fingerprint density at radius 1 is 1.25 bits per heavy atom. The molecule has 0 fully saturated rings. The SMILES string of the molecule is Cc1cc[n+](C)c2c1=CCCC=2. The predicted molar refractivity (Wildman–Crippen MR) is 49.8 cm³/mol. The van der Waals surface area contributed by atoms with Crippen molar-refractivity contribution in [2.45, 2.75) is 19.8 Å². The van der Waals surface area contributed by atoms with E-state index in [1.165, 1.54) is 29.0 Å². The van der Waals surface area contributed by atoms with Crippen molar-refractivity contribution in [3.05, 3.63) is 28.4 Å². The Labute approximate surface area is 72.7 Å². The molecule has 0 radical (unpaired) electrons. The van der Waals surface area contributed by atoms with Crippen molar-refractivity contribution in [1.29, 1.82) is 0 Å². The Kier molecular flexibility index (Phi) is 1.72. The van der Waals surface area contributed by atoms with Crippen LogP contribution in [0.5, 0.6) is 0 Å². The maximum absolute atomic E-state index is 2.34. The fourth-order valence-corrected chi connectivity index (χ4v) is 1.75. The van der Waals surface area contributed by atoms with E-state index in [-0.39, 0.29) is 0 Å². The molecule has 1 nitrogen and oxygen atoms in total. The second kappa shape index (κ2) is 2.74. The number of hydrogen-bond acceptors (Lipinski definition) is 0. The number of fused-ring (bicyclic) bond motifs is 1. The third-order valence-corrected chi connectivity index (χ3v) is 2.48. The molecule has 1 aliphatic rings. The van der Waals surface area contributed by atoms with Gasteiger partial charge in [0.1, 0.15) is 7.05 Å². The molecular formula is C11H14N+. The first-order valence-corrected chi connectivity index (χ1v) is 4.44. The summed E-state index contributed by atoms with van der Waals surface area (Å²) in [6, 6.07) is 2.18. The Hall–Kier alpha value is -1.11. The highest BCUT2D eigenvalue weighted by Gasteiger charge is 2.04. The first-order valence-electron chi connectivity index (χ1n) is 4.44. The quantitative estimate of drug-likeness (QED) is 0.476. The molecule has 1 aromatic rings. The van der Waals surface area contributed by atoms with Crippen LogP contribution in [0.3, 0.4) is 0 Å². The summed E-state index contributed by atoms with van der Waals surface area (Å²) in [6.07, 6.45) is 9.17. The highest BCUT2D eigenvalue weighted by Crippen LogP contribution is 1.94. The lowest BCUT2D eigenvalue weighted by molar-refractivity contribution is -0.685. The van der Waals surface area contributed by atoms with E-state index in [4.69, 9.17) is 0 Å². The minimum atomic E-state index is 1.18. The summed E-state index contributed by atoms with van der Waals surface area (Å²) in [6.45, 7) is 2.18. The molecule has 1 heteroatoms. The first kappa shape index (κ1) is 7.53. The van der Waals surface area contributed by atoms with Gasteiger partial charge in [-0.25, -0.2) is 4.57 Å². The highest BCUT2D eigenvalue weighted by atomic mass is 14.9. The molecule has 1 heterocycles. The van der Waals surface area contributed by atoms with E-state index in [2.05, 4.69) is 43.0 Å².